The molecule has 4 rings (SSSR count). The lowest BCUT2D eigenvalue weighted by Gasteiger charge is -2.30. The van der Waals surface area contributed by atoms with Crippen molar-refractivity contribution in [3.8, 4) is 0 Å². The van der Waals surface area contributed by atoms with E-state index in [-0.39, 0.29) is 5.91 Å². The SMILES string of the molecule is CN1CCC(n2nccc2NC(=O)c2cncc(CC3CCNC3)c2)CC1. The molecule has 27 heavy (non-hydrogen) atoms. The molecular formula is C20H28N6O. The molecule has 144 valence electrons. The molecule has 4 heterocycles. The Hall–Kier alpha value is -2.25. The van der Waals surface area contributed by atoms with Crippen molar-refractivity contribution in [1.82, 2.24) is 25.0 Å². The Kier molecular flexibility index (Phi) is 5.50. The van der Waals surface area contributed by atoms with Crippen LogP contribution in [0.25, 0.3) is 0 Å². The van der Waals surface area contributed by atoms with E-state index in [0.29, 0.717) is 17.5 Å². The molecule has 0 saturated carbocycles. The monoisotopic (exact) mass is 368 g/mol. The highest BCUT2D eigenvalue weighted by Crippen LogP contribution is 2.25. The van der Waals surface area contributed by atoms with Gasteiger partial charge in [0.05, 0.1) is 17.8 Å². The molecule has 0 aromatic carbocycles. The van der Waals surface area contributed by atoms with Gasteiger partial charge in [0.15, 0.2) is 0 Å². The van der Waals surface area contributed by atoms with Gasteiger partial charge in [-0.2, -0.15) is 5.10 Å². The molecule has 2 fully saturated rings. The van der Waals surface area contributed by atoms with Crippen LogP contribution in [-0.4, -0.2) is 58.8 Å². The van der Waals surface area contributed by atoms with E-state index in [1.165, 1.54) is 6.42 Å². The first-order valence-corrected chi connectivity index (χ1v) is 9.87. The van der Waals surface area contributed by atoms with Gasteiger partial charge in [-0.05, 0) is 76.5 Å². The third-order valence-corrected chi connectivity index (χ3v) is 5.69. The maximum Gasteiger partial charge on any atom is 0.258 e. The Morgan fingerprint density at radius 1 is 1.30 bits per heavy atom. The molecule has 0 aliphatic carbocycles. The van der Waals surface area contributed by atoms with Crippen molar-refractivity contribution in [3.05, 3.63) is 41.9 Å². The number of piperidine rings is 1. The van der Waals surface area contributed by atoms with E-state index < -0.39 is 0 Å². The van der Waals surface area contributed by atoms with Crippen LogP contribution in [0.4, 0.5) is 5.82 Å². The molecule has 2 aromatic heterocycles. The number of anilines is 1. The molecule has 0 bridgehead atoms. The minimum absolute atomic E-state index is 0.122. The number of carbonyl (C=O) groups is 1. The smallest absolute Gasteiger partial charge is 0.258 e. The standard InChI is InChI=1S/C20H28N6O/c1-25-8-4-18(5-9-25)26-19(3-7-23-26)24-20(27)17-11-16(13-22-14-17)10-15-2-6-21-12-15/h3,7,11,13-15,18,21H,2,4-6,8-10,12H2,1H3,(H,24,27). The van der Waals surface area contributed by atoms with Crippen molar-refractivity contribution in [2.75, 3.05) is 38.5 Å². The zero-order chi connectivity index (χ0) is 18.6. The molecule has 1 atom stereocenters. The van der Waals surface area contributed by atoms with Crippen LogP contribution in [0.3, 0.4) is 0 Å². The number of nitrogens with zero attached hydrogens (tertiary/aromatic N) is 4. The molecule has 0 radical (unpaired) electrons. The van der Waals surface area contributed by atoms with Crippen LogP contribution < -0.4 is 10.6 Å². The van der Waals surface area contributed by atoms with Gasteiger partial charge < -0.3 is 15.5 Å². The van der Waals surface area contributed by atoms with Gasteiger partial charge in [0.25, 0.3) is 5.91 Å². The first-order valence-electron chi connectivity index (χ1n) is 9.87. The second kappa shape index (κ2) is 8.19. The fraction of sp³-hybridized carbons (Fsp3) is 0.550. The lowest BCUT2D eigenvalue weighted by Crippen LogP contribution is -2.32. The molecule has 2 N–H and O–H groups in total. The maximum absolute atomic E-state index is 12.8. The predicted molar refractivity (Wildman–Crippen MR) is 105 cm³/mol. The van der Waals surface area contributed by atoms with Gasteiger partial charge in [0, 0.05) is 18.5 Å². The highest BCUT2D eigenvalue weighted by Gasteiger charge is 2.22. The van der Waals surface area contributed by atoms with Gasteiger partial charge in [0.1, 0.15) is 5.82 Å². The number of hydrogen-bond acceptors (Lipinski definition) is 5. The van der Waals surface area contributed by atoms with Crippen LogP contribution in [0.1, 0.15) is 41.2 Å². The number of amides is 1. The molecule has 2 saturated heterocycles. The molecule has 7 nitrogen and oxygen atoms in total. The van der Waals surface area contributed by atoms with Gasteiger partial charge in [-0.3, -0.25) is 9.78 Å². The summed E-state index contributed by atoms with van der Waals surface area (Å²) in [7, 11) is 2.14. The van der Waals surface area contributed by atoms with Crippen LogP contribution in [0.5, 0.6) is 0 Å². The van der Waals surface area contributed by atoms with E-state index in [1.807, 2.05) is 23.0 Å². The summed E-state index contributed by atoms with van der Waals surface area (Å²) in [6.07, 6.45) is 9.53. The van der Waals surface area contributed by atoms with E-state index >= 15 is 0 Å². The number of hydrogen-bond donors (Lipinski definition) is 2. The van der Waals surface area contributed by atoms with Crippen LogP contribution >= 0.6 is 0 Å². The van der Waals surface area contributed by atoms with Gasteiger partial charge >= 0.3 is 0 Å². The summed E-state index contributed by atoms with van der Waals surface area (Å²) in [6, 6.07) is 4.18. The van der Waals surface area contributed by atoms with Crippen molar-refractivity contribution in [3.63, 3.8) is 0 Å². The van der Waals surface area contributed by atoms with Crippen LogP contribution in [0, 0.1) is 5.92 Å². The van der Waals surface area contributed by atoms with Crippen LogP contribution in [0.2, 0.25) is 0 Å². The van der Waals surface area contributed by atoms with Gasteiger partial charge in [-0.15, -0.1) is 0 Å². The van der Waals surface area contributed by atoms with Crippen molar-refractivity contribution >= 4 is 11.7 Å². The van der Waals surface area contributed by atoms with Crippen LogP contribution in [0.15, 0.2) is 30.7 Å². The lowest BCUT2D eigenvalue weighted by atomic mass is 9.99. The predicted octanol–water partition coefficient (Wildman–Crippen LogP) is 1.95. The van der Waals surface area contributed by atoms with Crippen molar-refractivity contribution < 1.29 is 4.79 Å². The number of aromatic nitrogens is 3. The third-order valence-electron chi connectivity index (χ3n) is 5.69. The normalized spacial score (nSPS) is 21.4. The summed E-state index contributed by atoms with van der Waals surface area (Å²) in [4.78, 5) is 19.4. The van der Waals surface area contributed by atoms with Crippen molar-refractivity contribution in [1.29, 1.82) is 0 Å². The largest absolute Gasteiger partial charge is 0.316 e. The third kappa shape index (κ3) is 4.36. The van der Waals surface area contributed by atoms with Gasteiger partial charge in [-0.1, -0.05) is 0 Å². The Morgan fingerprint density at radius 3 is 2.93 bits per heavy atom. The summed E-state index contributed by atoms with van der Waals surface area (Å²) >= 11 is 0. The summed E-state index contributed by atoms with van der Waals surface area (Å²) in [6.45, 7) is 4.24. The molecule has 2 aromatic rings. The Labute approximate surface area is 160 Å². The number of pyridine rings is 1. The van der Waals surface area contributed by atoms with E-state index in [4.69, 9.17) is 0 Å². The maximum atomic E-state index is 12.8. The minimum Gasteiger partial charge on any atom is -0.316 e. The first kappa shape index (κ1) is 18.1. The van der Waals surface area contributed by atoms with E-state index in [2.05, 4.69) is 32.7 Å². The van der Waals surface area contributed by atoms with Gasteiger partial charge in [-0.25, -0.2) is 4.68 Å². The Bertz CT molecular complexity index is 774. The summed E-state index contributed by atoms with van der Waals surface area (Å²) < 4.78 is 1.96. The lowest BCUT2D eigenvalue weighted by molar-refractivity contribution is 0.102. The second-order valence-corrected chi connectivity index (χ2v) is 7.79. The summed E-state index contributed by atoms with van der Waals surface area (Å²) in [5.74, 6) is 1.28. The summed E-state index contributed by atoms with van der Waals surface area (Å²) in [5.41, 5.74) is 1.73. The van der Waals surface area contributed by atoms with Gasteiger partial charge in [0.2, 0.25) is 0 Å². The fourth-order valence-electron chi connectivity index (χ4n) is 4.08. The molecule has 1 amide bonds. The Morgan fingerprint density at radius 2 is 2.15 bits per heavy atom. The Balaban J connectivity index is 1.43. The van der Waals surface area contributed by atoms with Crippen LogP contribution in [-0.2, 0) is 6.42 Å². The average molecular weight is 368 g/mol. The number of nitrogens with one attached hydrogen (secondary N) is 2. The highest BCUT2D eigenvalue weighted by atomic mass is 16.1. The van der Waals surface area contributed by atoms with Crippen molar-refractivity contribution in [2.45, 2.75) is 31.7 Å². The van der Waals surface area contributed by atoms with Crippen molar-refractivity contribution in [2.24, 2.45) is 5.92 Å². The molecular weight excluding hydrogens is 340 g/mol. The van der Waals surface area contributed by atoms with E-state index in [0.717, 1.165) is 56.8 Å². The average Bonchev–Trinajstić information content (AvgIpc) is 3.35. The zero-order valence-electron chi connectivity index (χ0n) is 15.9. The number of carbonyl (C=O) groups excluding carboxylic acids is 1. The molecule has 2 aliphatic rings. The second-order valence-electron chi connectivity index (χ2n) is 7.79. The number of rotatable bonds is 5. The molecule has 7 heteroatoms. The number of likely N-dealkylation sites (tertiary alicyclic amines) is 1. The molecule has 0 spiro atoms. The first-order chi connectivity index (χ1) is 13.2. The van der Waals surface area contributed by atoms with E-state index in [9.17, 15) is 4.79 Å². The zero-order valence-corrected chi connectivity index (χ0v) is 15.9. The van der Waals surface area contributed by atoms with E-state index in [1.54, 1.807) is 12.4 Å². The summed E-state index contributed by atoms with van der Waals surface area (Å²) in [5, 5.41) is 10.9. The minimum atomic E-state index is -0.122. The molecule has 2 aliphatic heterocycles. The molecule has 1 unspecified atom stereocenters. The fourth-order valence-corrected chi connectivity index (χ4v) is 4.08. The quantitative estimate of drug-likeness (QED) is 0.844. The highest BCUT2D eigenvalue weighted by molar-refractivity contribution is 6.03. The topological polar surface area (TPSA) is 75.1 Å².